The summed E-state index contributed by atoms with van der Waals surface area (Å²) in [7, 11) is 0. The maximum absolute atomic E-state index is 13.1. The molecule has 1 amide bonds. The summed E-state index contributed by atoms with van der Waals surface area (Å²) in [5.74, 6) is -0.913. The fourth-order valence-corrected chi connectivity index (χ4v) is 2.12. The van der Waals surface area contributed by atoms with Crippen LogP contribution in [-0.2, 0) is 6.18 Å². The van der Waals surface area contributed by atoms with Gasteiger partial charge in [0.1, 0.15) is 17.6 Å². The zero-order valence-electron chi connectivity index (χ0n) is 11.0. The van der Waals surface area contributed by atoms with E-state index >= 15 is 0 Å². The number of aromatic nitrogens is 3. The highest BCUT2D eigenvalue weighted by atomic mass is 19.4. The highest BCUT2D eigenvalue weighted by Crippen LogP contribution is 2.33. The molecule has 5 nitrogen and oxygen atoms in total. The van der Waals surface area contributed by atoms with Gasteiger partial charge in [-0.3, -0.25) is 9.36 Å². The monoisotopic (exact) mass is 306 g/mol. The van der Waals surface area contributed by atoms with E-state index in [2.05, 4.69) is 15.3 Å². The number of alkyl halides is 3. The van der Waals surface area contributed by atoms with E-state index in [1.54, 1.807) is 24.3 Å². The Morgan fingerprint density at radius 3 is 2.82 bits per heavy atom. The zero-order valence-corrected chi connectivity index (χ0v) is 11.0. The Balaban J connectivity index is 2.22. The quantitative estimate of drug-likeness (QED) is 0.881. The lowest BCUT2D eigenvalue weighted by molar-refractivity contribution is -0.138. The Morgan fingerprint density at radius 1 is 1.23 bits per heavy atom. The van der Waals surface area contributed by atoms with Gasteiger partial charge in [-0.15, -0.1) is 0 Å². The lowest BCUT2D eigenvalue weighted by atomic mass is 10.2. The van der Waals surface area contributed by atoms with E-state index in [9.17, 15) is 18.0 Å². The smallest absolute Gasteiger partial charge is 0.327 e. The number of carbonyl (C=O) groups is 1. The summed E-state index contributed by atoms with van der Waals surface area (Å²) in [6.45, 7) is 0. The molecule has 112 valence electrons. The first-order valence-corrected chi connectivity index (χ1v) is 6.21. The Labute approximate surface area is 122 Å². The molecule has 1 N–H and O–H groups in total. The molecule has 0 saturated heterocycles. The second-order valence-corrected chi connectivity index (χ2v) is 4.44. The van der Waals surface area contributed by atoms with Gasteiger partial charge < -0.3 is 5.32 Å². The molecule has 1 aliphatic rings. The number of allylic oxidation sites excluding steroid dienone is 2. The molecule has 2 aromatic rings. The third kappa shape index (κ3) is 2.39. The summed E-state index contributed by atoms with van der Waals surface area (Å²) in [4.78, 5) is 19.2. The second kappa shape index (κ2) is 5.14. The van der Waals surface area contributed by atoms with Gasteiger partial charge in [0.15, 0.2) is 5.82 Å². The van der Waals surface area contributed by atoms with Crippen LogP contribution in [0.5, 0.6) is 0 Å². The third-order valence-corrected chi connectivity index (χ3v) is 3.05. The number of carbonyl (C=O) groups excluding carboxylic acids is 1. The first kappa shape index (κ1) is 14.1. The van der Waals surface area contributed by atoms with Crippen LogP contribution in [0.1, 0.15) is 21.6 Å². The van der Waals surface area contributed by atoms with Gasteiger partial charge in [-0.1, -0.05) is 12.2 Å². The molecule has 0 unspecified atom stereocenters. The number of hydrogen-bond donors (Lipinski definition) is 1. The number of nitrogens with one attached hydrogen (secondary N) is 1. The fourth-order valence-electron chi connectivity index (χ4n) is 2.12. The standard InChI is InChI=1S/C14H9F3N4O/c15-14(16,17)10-7-18-8-20-12(10)21-6-4-9-3-1-2-5-19-13(22)11(9)21/h1-8H,(H,19,22). The van der Waals surface area contributed by atoms with Crippen LogP contribution >= 0.6 is 0 Å². The normalized spacial score (nSPS) is 14.2. The first-order valence-electron chi connectivity index (χ1n) is 6.21. The molecule has 0 fully saturated rings. The summed E-state index contributed by atoms with van der Waals surface area (Å²) >= 11 is 0. The maximum atomic E-state index is 13.1. The van der Waals surface area contributed by atoms with E-state index in [4.69, 9.17) is 0 Å². The van der Waals surface area contributed by atoms with E-state index in [1.165, 1.54) is 12.4 Å². The van der Waals surface area contributed by atoms with E-state index < -0.39 is 23.5 Å². The summed E-state index contributed by atoms with van der Waals surface area (Å²) < 4.78 is 40.4. The molecule has 0 bridgehead atoms. The molecule has 0 saturated carbocycles. The van der Waals surface area contributed by atoms with Gasteiger partial charge >= 0.3 is 6.18 Å². The van der Waals surface area contributed by atoms with Crippen molar-refractivity contribution in [1.29, 1.82) is 0 Å². The lowest BCUT2D eigenvalue weighted by Gasteiger charge is -2.14. The van der Waals surface area contributed by atoms with E-state index in [0.717, 1.165) is 10.9 Å². The van der Waals surface area contributed by atoms with Crippen LogP contribution in [-0.4, -0.2) is 20.4 Å². The summed E-state index contributed by atoms with van der Waals surface area (Å²) in [6.07, 6.45) is 4.77. The van der Waals surface area contributed by atoms with Crippen molar-refractivity contribution in [2.75, 3.05) is 0 Å². The molecule has 22 heavy (non-hydrogen) atoms. The van der Waals surface area contributed by atoms with Crippen molar-refractivity contribution in [2.24, 2.45) is 0 Å². The number of nitrogens with zero attached hydrogens (tertiary/aromatic N) is 3. The van der Waals surface area contributed by atoms with Crippen LogP contribution in [0.2, 0.25) is 0 Å². The van der Waals surface area contributed by atoms with Crippen molar-refractivity contribution in [1.82, 2.24) is 19.9 Å². The minimum Gasteiger partial charge on any atom is -0.327 e. The largest absolute Gasteiger partial charge is 0.421 e. The van der Waals surface area contributed by atoms with Crippen LogP contribution in [0, 0.1) is 0 Å². The van der Waals surface area contributed by atoms with E-state index in [1.807, 2.05) is 0 Å². The van der Waals surface area contributed by atoms with Gasteiger partial charge in [0.05, 0.1) is 0 Å². The number of halogens is 3. The Hall–Kier alpha value is -2.90. The zero-order chi connectivity index (χ0) is 15.7. The number of amides is 1. The lowest BCUT2D eigenvalue weighted by Crippen LogP contribution is -2.23. The Morgan fingerprint density at radius 2 is 2.05 bits per heavy atom. The molecule has 0 radical (unpaired) electrons. The SMILES string of the molecule is O=C1NC=CC=Cc2ccn(-c3ncncc3C(F)(F)F)c21. The Bertz CT molecular complexity index is 790. The molecule has 3 heterocycles. The minimum atomic E-state index is -4.62. The summed E-state index contributed by atoms with van der Waals surface area (Å²) in [5, 5.41) is 2.48. The molecule has 0 atom stereocenters. The number of rotatable bonds is 1. The molecule has 0 spiro atoms. The molecule has 1 aliphatic heterocycles. The van der Waals surface area contributed by atoms with Crippen LogP contribution in [0.4, 0.5) is 13.2 Å². The van der Waals surface area contributed by atoms with E-state index in [-0.39, 0.29) is 5.69 Å². The summed E-state index contributed by atoms with van der Waals surface area (Å²) in [6, 6.07) is 1.55. The van der Waals surface area contributed by atoms with Crippen LogP contribution in [0.25, 0.3) is 11.9 Å². The maximum Gasteiger partial charge on any atom is 0.421 e. The topological polar surface area (TPSA) is 59.8 Å². The second-order valence-electron chi connectivity index (χ2n) is 4.44. The van der Waals surface area contributed by atoms with Crippen LogP contribution in [0.3, 0.4) is 0 Å². The fraction of sp³-hybridized carbons (Fsp3) is 0.0714. The van der Waals surface area contributed by atoms with Crippen LogP contribution < -0.4 is 5.32 Å². The predicted molar refractivity (Wildman–Crippen MR) is 72.0 cm³/mol. The molecular weight excluding hydrogens is 297 g/mol. The van der Waals surface area contributed by atoms with Crippen molar-refractivity contribution < 1.29 is 18.0 Å². The van der Waals surface area contributed by atoms with Gasteiger partial charge in [-0.05, 0) is 12.1 Å². The predicted octanol–water partition coefficient (Wildman–Crippen LogP) is 2.56. The van der Waals surface area contributed by atoms with Gasteiger partial charge in [-0.2, -0.15) is 13.2 Å². The molecule has 0 aromatic carbocycles. The van der Waals surface area contributed by atoms with Gasteiger partial charge in [0.2, 0.25) is 0 Å². The molecule has 2 aromatic heterocycles. The number of hydrogen-bond acceptors (Lipinski definition) is 3. The average Bonchev–Trinajstić information content (AvgIpc) is 2.87. The van der Waals surface area contributed by atoms with Gasteiger partial charge in [0.25, 0.3) is 5.91 Å². The van der Waals surface area contributed by atoms with Crippen molar-refractivity contribution >= 4 is 12.0 Å². The molecule has 8 heteroatoms. The highest BCUT2D eigenvalue weighted by molar-refractivity contribution is 5.98. The van der Waals surface area contributed by atoms with Gasteiger partial charge in [-0.25, -0.2) is 9.97 Å². The van der Waals surface area contributed by atoms with Crippen molar-refractivity contribution in [3.63, 3.8) is 0 Å². The van der Waals surface area contributed by atoms with Crippen LogP contribution in [0.15, 0.2) is 43.1 Å². The first-order chi connectivity index (χ1) is 10.5. The van der Waals surface area contributed by atoms with Crippen molar-refractivity contribution in [2.45, 2.75) is 6.18 Å². The van der Waals surface area contributed by atoms with Crippen molar-refractivity contribution in [3.05, 3.63) is 60.0 Å². The Kier molecular flexibility index (Phi) is 3.28. The third-order valence-electron chi connectivity index (χ3n) is 3.05. The molecule has 3 rings (SSSR count). The van der Waals surface area contributed by atoms with Crippen molar-refractivity contribution in [3.8, 4) is 5.82 Å². The highest BCUT2D eigenvalue weighted by Gasteiger charge is 2.36. The number of fused-ring (bicyclic) bond motifs is 1. The molecular formula is C14H9F3N4O. The molecule has 0 aliphatic carbocycles. The van der Waals surface area contributed by atoms with E-state index in [0.29, 0.717) is 11.8 Å². The minimum absolute atomic E-state index is 0.0739. The average molecular weight is 306 g/mol. The summed E-state index contributed by atoms with van der Waals surface area (Å²) in [5.41, 5.74) is -0.443. The van der Waals surface area contributed by atoms with Gasteiger partial charge in [0, 0.05) is 24.2 Å².